The summed E-state index contributed by atoms with van der Waals surface area (Å²) >= 11 is 18.7. The third kappa shape index (κ3) is 4.88. The van der Waals surface area contributed by atoms with Crippen molar-refractivity contribution in [1.82, 2.24) is 15.1 Å². The van der Waals surface area contributed by atoms with Crippen LogP contribution in [0.15, 0.2) is 55.1 Å². The molecule has 4 nitrogen and oxygen atoms in total. The van der Waals surface area contributed by atoms with E-state index in [2.05, 4.69) is 25.7 Å². The van der Waals surface area contributed by atoms with Crippen molar-refractivity contribution in [2.24, 2.45) is 0 Å². The largest absolute Gasteiger partial charge is 0.345 e. The standard InChI is InChI=1S/C25H26Cl3N3O/c1-5-14-25(6-2,7-3)29-24(32)22-16(4)23(17-8-10-18(26)11-9-17)31(30-22)21-13-12-19(27)15-20(21)28/h5,8-13,15H,1,6-7,14H2,2-4H3,(H,29,32). The molecule has 3 aromatic rings. The van der Waals surface area contributed by atoms with Crippen molar-refractivity contribution in [3.63, 3.8) is 0 Å². The number of hydrogen-bond acceptors (Lipinski definition) is 2. The van der Waals surface area contributed by atoms with Crippen LogP contribution in [-0.4, -0.2) is 21.2 Å². The van der Waals surface area contributed by atoms with Gasteiger partial charge in [0.1, 0.15) is 0 Å². The van der Waals surface area contributed by atoms with Crippen molar-refractivity contribution in [2.45, 2.75) is 45.6 Å². The second-order valence-corrected chi connectivity index (χ2v) is 9.05. The van der Waals surface area contributed by atoms with Gasteiger partial charge in [0.25, 0.3) is 5.91 Å². The van der Waals surface area contributed by atoms with Crippen molar-refractivity contribution in [3.05, 3.63) is 81.4 Å². The molecule has 168 valence electrons. The first-order chi connectivity index (χ1) is 15.2. The van der Waals surface area contributed by atoms with Gasteiger partial charge in [-0.3, -0.25) is 4.79 Å². The molecule has 3 rings (SSSR count). The molecular weight excluding hydrogens is 465 g/mol. The van der Waals surface area contributed by atoms with Crippen LogP contribution in [0.3, 0.4) is 0 Å². The highest BCUT2D eigenvalue weighted by Gasteiger charge is 2.30. The lowest BCUT2D eigenvalue weighted by atomic mass is 9.88. The number of benzene rings is 2. The summed E-state index contributed by atoms with van der Waals surface area (Å²) in [5.74, 6) is -0.230. The first-order valence-corrected chi connectivity index (χ1v) is 11.6. The second-order valence-electron chi connectivity index (χ2n) is 7.77. The third-order valence-electron chi connectivity index (χ3n) is 5.86. The van der Waals surface area contributed by atoms with Crippen LogP contribution in [0.4, 0.5) is 0 Å². The van der Waals surface area contributed by atoms with Gasteiger partial charge in [0.2, 0.25) is 0 Å². The fourth-order valence-electron chi connectivity index (χ4n) is 3.83. The molecule has 7 heteroatoms. The Labute approximate surface area is 204 Å². The number of carbonyl (C=O) groups is 1. The molecule has 0 aliphatic carbocycles. The number of nitrogens with one attached hydrogen (secondary N) is 1. The molecule has 0 atom stereocenters. The minimum absolute atomic E-state index is 0.230. The summed E-state index contributed by atoms with van der Waals surface area (Å²) in [5.41, 5.74) is 2.98. The molecule has 0 bridgehead atoms. The van der Waals surface area contributed by atoms with E-state index in [1.54, 1.807) is 35.0 Å². The van der Waals surface area contributed by atoms with Crippen LogP contribution in [0, 0.1) is 6.92 Å². The number of aromatic nitrogens is 2. The summed E-state index contributed by atoms with van der Waals surface area (Å²) in [7, 11) is 0. The highest BCUT2D eigenvalue weighted by molar-refractivity contribution is 6.35. The maximum atomic E-state index is 13.4. The number of amides is 1. The SMILES string of the molecule is C=CCC(CC)(CC)NC(=O)c1nn(-c2ccc(Cl)cc2Cl)c(-c2ccc(Cl)cc2)c1C. The maximum Gasteiger partial charge on any atom is 0.272 e. The van der Waals surface area contributed by atoms with Gasteiger partial charge in [-0.2, -0.15) is 5.10 Å². The molecule has 0 aliphatic rings. The van der Waals surface area contributed by atoms with E-state index in [1.807, 2.05) is 25.1 Å². The number of carbonyl (C=O) groups excluding carboxylic acids is 1. The van der Waals surface area contributed by atoms with Crippen LogP contribution in [0.25, 0.3) is 16.9 Å². The molecule has 1 aromatic heterocycles. The van der Waals surface area contributed by atoms with E-state index in [1.165, 1.54) is 0 Å². The minimum Gasteiger partial charge on any atom is -0.345 e. The first kappa shape index (κ1) is 24.4. The Morgan fingerprint density at radius 2 is 1.72 bits per heavy atom. The Balaban J connectivity index is 2.17. The minimum atomic E-state index is -0.368. The van der Waals surface area contributed by atoms with Crippen LogP contribution in [-0.2, 0) is 0 Å². The van der Waals surface area contributed by atoms with Crippen LogP contribution < -0.4 is 5.32 Å². The lowest BCUT2D eigenvalue weighted by Crippen LogP contribution is -2.47. The Morgan fingerprint density at radius 1 is 1.09 bits per heavy atom. The predicted molar refractivity (Wildman–Crippen MR) is 134 cm³/mol. The molecule has 0 saturated heterocycles. The predicted octanol–water partition coefficient (Wildman–Crippen LogP) is 7.67. The first-order valence-electron chi connectivity index (χ1n) is 10.5. The molecule has 0 radical (unpaired) electrons. The number of rotatable bonds is 8. The smallest absolute Gasteiger partial charge is 0.272 e. The van der Waals surface area contributed by atoms with Crippen molar-refractivity contribution >= 4 is 40.7 Å². The van der Waals surface area contributed by atoms with E-state index in [0.29, 0.717) is 32.9 Å². The van der Waals surface area contributed by atoms with Gasteiger partial charge in [0, 0.05) is 26.7 Å². The number of hydrogen-bond donors (Lipinski definition) is 1. The van der Waals surface area contributed by atoms with Gasteiger partial charge in [-0.05, 0) is 56.5 Å². The van der Waals surface area contributed by atoms with E-state index in [-0.39, 0.29) is 11.4 Å². The van der Waals surface area contributed by atoms with Crippen LogP contribution in [0.1, 0.15) is 49.2 Å². The van der Waals surface area contributed by atoms with Gasteiger partial charge in [-0.15, -0.1) is 6.58 Å². The fraction of sp³-hybridized carbons (Fsp3) is 0.280. The van der Waals surface area contributed by atoms with Gasteiger partial charge < -0.3 is 5.32 Å². The second kappa shape index (κ2) is 10.1. The molecule has 0 fully saturated rings. The molecule has 2 aromatic carbocycles. The monoisotopic (exact) mass is 489 g/mol. The Kier molecular flexibility index (Phi) is 7.71. The number of halogens is 3. The molecule has 0 unspecified atom stereocenters. The zero-order chi connectivity index (χ0) is 23.5. The topological polar surface area (TPSA) is 46.9 Å². The average molecular weight is 491 g/mol. The summed E-state index contributed by atoms with van der Waals surface area (Å²) in [4.78, 5) is 13.4. The van der Waals surface area contributed by atoms with Crippen molar-refractivity contribution in [2.75, 3.05) is 0 Å². The zero-order valence-corrected chi connectivity index (χ0v) is 20.7. The van der Waals surface area contributed by atoms with Crippen molar-refractivity contribution in [3.8, 4) is 16.9 Å². The molecule has 32 heavy (non-hydrogen) atoms. The summed E-state index contributed by atoms with van der Waals surface area (Å²) in [5, 5.41) is 9.49. The molecule has 1 heterocycles. The van der Waals surface area contributed by atoms with Gasteiger partial charge >= 0.3 is 0 Å². The Bertz CT molecular complexity index is 1130. The highest BCUT2D eigenvalue weighted by atomic mass is 35.5. The van der Waals surface area contributed by atoms with Crippen LogP contribution in [0.2, 0.25) is 15.1 Å². The zero-order valence-electron chi connectivity index (χ0n) is 18.4. The normalized spacial score (nSPS) is 11.4. The van der Waals surface area contributed by atoms with Gasteiger partial charge in [0.05, 0.1) is 16.4 Å². The summed E-state index contributed by atoms with van der Waals surface area (Å²) in [6.07, 6.45) is 4.09. The lowest BCUT2D eigenvalue weighted by molar-refractivity contribution is 0.0886. The number of nitrogens with zero attached hydrogens (tertiary/aromatic N) is 2. The maximum absolute atomic E-state index is 13.4. The average Bonchev–Trinajstić information content (AvgIpc) is 3.11. The third-order valence-corrected chi connectivity index (χ3v) is 6.65. The van der Waals surface area contributed by atoms with Gasteiger partial charge in [-0.1, -0.05) is 66.9 Å². The Hall–Kier alpha value is -2.27. The molecule has 0 spiro atoms. The fourth-order valence-corrected chi connectivity index (χ4v) is 4.44. The van der Waals surface area contributed by atoms with Gasteiger partial charge in [0.15, 0.2) is 5.69 Å². The summed E-state index contributed by atoms with van der Waals surface area (Å²) in [6.45, 7) is 9.86. The molecule has 0 saturated carbocycles. The van der Waals surface area contributed by atoms with Crippen molar-refractivity contribution < 1.29 is 4.79 Å². The quantitative estimate of drug-likeness (QED) is 0.329. The Morgan fingerprint density at radius 3 is 2.28 bits per heavy atom. The lowest BCUT2D eigenvalue weighted by Gasteiger charge is -2.31. The van der Waals surface area contributed by atoms with Crippen molar-refractivity contribution in [1.29, 1.82) is 0 Å². The summed E-state index contributed by atoms with van der Waals surface area (Å²) in [6, 6.07) is 12.6. The van der Waals surface area contributed by atoms with Crippen LogP contribution >= 0.6 is 34.8 Å². The van der Waals surface area contributed by atoms with E-state index in [0.717, 1.165) is 29.7 Å². The van der Waals surface area contributed by atoms with Crippen LogP contribution in [0.5, 0.6) is 0 Å². The summed E-state index contributed by atoms with van der Waals surface area (Å²) < 4.78 is 1.69. The van der Waals surface area contributed by atoms with E-state index in [9.17, 15) is 4.79 Å². The highest BCUT2D eigenvalue weighted by Crippen LogP contribution is 2.33. The molecule has 0 aliphatic heterocycles. The van der Waals surface area contributed by atoms with E-state index >= 15 is 0 Å². The molecular formula is C25H26Cl3N3O. The van der Waals surface area contributed by atoms with E-state index in [4.69, 9.17) is 39.9 Å². The van der Waals surface area contributed by atoms with E-state index < -0.39 is 0 Å². The molecule has 1 amide bonds. The van der Waals surface area contributed by atoms with Gasteiger partial charge in [-0.25, -0.2) is 4.68 Å². The molecule has 1 N–H and O–H groups in total.